The summed E-state index contributed by atoms with van der Waals surface area (Å²) in [5.74, 6) is -0.356. The summed E-state index contributed by atoms with van der Waals surface area (Å²) < 4.78 is 1.78. The molecule has 9 heteroatoms. The van der Waals surface area contributed by atoms with Crippen molar-refractivity contribution in [3.05, 3.63) is 58.5 Å². The van der Waals surface area contributed by atoms with Crippen molar-refractivity contribution in [2.75, 3.05) is 6.54 Å². The fourth-order valence-electron chi connectivity index (χ4n) is 3.28. The van der Waals surface area contributed by atoms with Gasteiger partial charge in [0.05, 0.1) is 24.5 Å². The van der Waals surface area contributed by atoms with E-state index in [2.05, 4.69) is 20.6 Å². The third-order valence-corrected chi connectivity index (χ3v) is 4.90. The van der Waals surface area contributed by atoms with E-state index >= 15 is 0 Å². The van der Waals surface area contributed by atoms with E-state index in [1.54, 1.807) is 33.8 Å². The van der Waals surface area contributed by atoms with Crippen LogP contribution in [-0.4, -0.2) is 49.3 Å². The predicted molar refractivity (Wildman–Crippen MR) is 109 cm³/mol. The van der Waals surface area contributed by atoms with Crippen LogP contribution in [0.5, 0.6) is 0 Å². The molecule has 1 aliphatic heterocycles. The molecular weight excluding hydrogens is 392 g/mol. The first-order chi connectivity index (χ1) is 13.9. The lowest BCUT2D eigenvalue weighted by molar-refractivity contribution is 0.0699. The smallest absolute Gasteiger partial charge is 0.272 e. The fraction of sp³-hybridized carbons (Fsp3) is 0.300. The summed E-state index contributed by atoms with van der Waals surface area (Å²) in [6, 6.07) is 10.8. The van der Waals surface area contributed by atoms with Crippen molar-refractivity contribution in [1.82, 2.24) is 30.2 Å². The van der Waals surface area contributed by atoms with Crippen LogP contribution in [0.25, 0.3) is 11.3 Å². The predicted octanol–water partition coefficient (Wildman–Crippen LogP) is 2.72. The van der Waals surface area contributed by atoms with Crippen molar-refractivity contribution in [2.24, 2.45) is 0 Å². The lowest BCUT2D eigenvalue weighted by Gasteiger charge is -2.27. The number of benzene rings is 1. The first kappa shape index (κ1) is 19.2. The summed E-state index contributed by atoms with van der Waals surface area (Å²) in [7, 11) is 0. The van der Waals surface area contributed by atoms with Crippen LogP contribution in [0, 0.1) is 0 Å². The first-order valence-corrected chi connectivity index (χ1v) is 9.76. The number of fused-ring (bicyclic) bond motifs is 1. The number of carbonyl (C=O) groups is 2. The maximum Gasteiger partial charge on any atom is 0.272 e. The molecule has 150 valence electrons. The van der Waals surface area contributed by atoms with Crippen LogP contribution < -0.4 is 5.32 Å². The number of nitrogens with zero attached hydrogens (tertiary/aromatic N) is 4. The van der Waals surface area contributed by atoms with Gasteiger partial charge < -0.3 is 10.2 Å². The third-order valence-electron chi connectivity index (χ3n) is 4.67. The molecule has 0 saturated heterocycles. The topological polar surface area (TPSA) is 95.9 Å². The van der Waals surface area contributed by atoms with Gasteiger partial charge in [0.25, 0.3) is 11.8 Å². The van der Waals surface area contributed by atoms with Crippen molar-refractivity contribution in [3.8, 4) is 11.3 Å². The van der Waals surface area contributed by atoms with E-state index in [0.717, 1.165) is 11.3 Å². The number of hydrogen-bond donors (Lipinski definition) is 2. The maximum atomic E-state index is 12.9. The summed E-state index contributed by atoms with van der Waals surface area (Å²) >= 11 is 6.04. The van der Waals surface area contributed by atoms with Gasteiger partial charge >= 0.3 is 0 Å². The molecule has 3 aromatic rings. The SMILES string of the molecule is CC(C)NC(=O)c1cc2n(n1)CCN(C(=O)c1cc(-c3cccc(Cl)c3)n[nH]1)C2. The number of halogens is 1. The van der Waals surface area contributed by atoms with Crippen molar-refractivity contribution in [2.45, 2.75) is 33.0 Å². The Morgan fingerprint density at radius 2 is 2.03 bits per heavy atom. The van der Waals surface area contributed by atoms with Gasteiger partial charge in [0.2, 0.25) is 0 Å². The summed E-state index contributed by atoms with van der Waals surface area (Å²) in [6.45, 7) is 5.22. The van der Waals surface area contributed by atoms with Crippen LogP contribution in [0.1, 0.15) is 40.5 Å². The molecular formula is C20H21ClN6O2. The van der Waals surface area contributed by atoms with Gasteiger partial charge in [0.15, 0.2) is 5.69 Å². The maximum absolute atomic E-state index is 12.9. The van der Waals surface area contributed by atoms with Crippen molar-refractivity contribution < 1.29 is 9.59 Å². The molecule has 0 saturated carbocycles. The molecule has 3 heterocycles. The van der Waals surface area contributed by atoms with E-state index < -0.39 is 0 Å². The lowest BCUT2D eigenvalue weighted by atomic mass is 10.1. The molecule has 8 nitrogen and oxygen atoms in total. The van der Waals surface area contributed by atoms with E-state index in [1.807, 2.05) is 26.0 Å². The number of hydrogen-bond acceptors (Lipinski definition) is 4. The Bertz CT molecular complexity index is 1070. The van der Waals surface area contributed by atoms with Gasteiger partial charge in [-0.3, -0.25) is 19.4 Å². The molecule has 0 spiro atoms. The highest BCUT2D eigenvalue weighted by molar-refractivity contribution is 6.30. The van der Waals surface area contributed by atoms with Gasteiger partial charge in [0, 0.05) is 23.2 Å². The monoisotopic (exact) mass is 412 g/mol. The second-order valence-corrected chi connectivity index (χ2v) is 7.71. The molecule has 2 aromatic heterocycles. The minimum Gasteiger partial charge on any atom is -0.348 e. The molecule has 4 rings (SSSR count). The zero-order valence-electron chi connectivity index (χ0n) is 16.1. The molecule has 0 atom stereocenters. The number of aromatic nitrogens is 4. The van der Waals surface area contributed by atoms with E-state index in [9.17, 15) is 9.59 Å². The summed E-state index contributed by atoms with van der Waals surface area (Å²) in [5, 5.41) is 14.9. The van der Waals surface area contributed by atoms with Gasteiger partial charge in [-0.25, -0.2) is 0 Å². The van der Waals surface area contributed by atoms with Gasteiger partial charge in [0.1, 0.15) is 5.69 Å². The Kier molecular flexibility index (Phi) is 5.10. The van der Waals surface area contributed by atoms with E-state index in [-0.39, 0.29) is 17.9 Å². The van der Waals surface area contributed by atoms with Crippen LogP contribution in [0.4, 0.5) is 0 Å². The number of H-pyrrole nitrogens is 1. The molecule has 1 aliphatic rings. The van der Waals surface area contributed by atoms with Gasteiger partial charge in [-0.2, -0.15) is 10.2 Å². The highest BCUT2D eigenvalue weighted by atomic mass is 35.5. The largest absolute Gasteiger partial charge is 0.348 e. The highest BCUT2D eigenvalue weighted by Crippen LogP contribution is 2.23. The Morgan fingerprint density at radius 1 is 1.21 bits per heavy atom. The average Bonchev–Trinajstić information content (AvgIpc) is 3.33. The number of rotatable bonds is 4. The Labute approximate surface area is 172 Å². The van der Waals surface area contributed by atoms with Crippen molar-refractivity contribution in [3.63, 3.8) is 0 Å². The minimum atomic E-state index is -0.209. The van der Waals surface area contributed by atoms with Gasteiger partial charge in [-0.15, -0.1) is 0 Å². The second kappa shape index (κ2) is 7.71. The molecule has 0 aliphatic carbocycles. The zero-order chi connectivity index (χ0) is 20.5. The zero-order valence-corrected chi connectivity index (χ0v) is 16.9. The van der Waals surface area contributed by atoms with E-state index in [4.69, 9.17) is 11.6 Å². The Morgan fingerprint density at radius 3 is 2.79 bits per heavy atom. The minimum absolute atomic E-state index is 0.0355. The van der Waals surface area contributed by atoms with Crippen molar-refractivity contribution in [1.29, 1.82) is 0 Å². The molecule has 2 N–H and O–H groups in total. The molecule has 29 heavy (non-hydrogen) atoms. The molecule has 2 amide bonds. The van der Waals surface area contributed by atoms with Gasteiger partial charge in [-0.05, 0) is 38.1 Å². The summed E-state index contributed by atoms with van der Waals surface area (Å²) in [6.07, 6.45) is 0. The van der Waals surface area contributed by atoms with Crippen LogP contribution in [0.2, 0.25) is 5.02 Å². The molecule has 0 unspecified atom stereocenters. The molecule has 1 aromatic carbocycles. The van der Waals surface area contributed by atoms with E-state index in [0.29, 0.717) is 41.7 Å². The number of carbonyl (C=O) groups excluding carboxylic acids is 2. The van der Waals surface area contributed by atoms with Crippen LogP contribution in [0.3, 0.4) is 0 Å². The van der Waals surface area contributed by atoms with Gasteiger partial charge in [-0.1, -0.05) is 23.7 Å². The average molecular weight is 413 g/mol. The molecule has 0 bridgehead atoms. The summed E-state index contributed by atoms with van der Waals surface area (Å²) in [5.41, 5.74) is 3.10. The first-order valence-electron chi connectivity index (χ1n) is 9.39. The number of amides is 2. The number of aromatic amines is 1. The number of nitrogens with one attached hydrogen (secondary N) is 2. The van der Waals surface area contributed by atoms with E-state index in [1.165, 1.54) is 0 Å². The lowest BCUT2D eigenvalue weighted by Crippen LogP contribution is -2.38. The quantitative estimate of drug-likeness (QED) is 0.688. The Hall–Kier alpha value is -3.13. The second-order valence-electron chi connectivity index (χ2n) is 7.28. The standard InChI is InChI=1S/C20H21ClN6O2/c1-12(2)22-19(28)17-9-15-11-26(6-7-27(15)25-17)20(29)18-10-16(23-24-18)13-4-3-5-14(21)8-13/h3-5,8-10,12H,6-7,11H2,1-2H3,(H,22,28)(H,23,24). The normalized spacial score (nSPS) is 13.4. The summed E-state index contributed by atoms with van der Waals surface area (Å²) in [4.78, 5) is 26.8. The van der Waals surface area contributed by atoms with Crippen molar-refractivity contribution >= 4 is 23.4 Å². The van der Waals surface area contributed by atoms with Crippen LogP contribution >= 0.6 is 11.6 Å². The van der Waals surface area contributed by atoms with Crippen LogP contribution in [0.15, 0.2) is 36.4 Å². The van der Waals surface area contributed by atoms with Crippen LogP contribution in [-0.2, 0) is 13.1 Å². The molecule has 0 radical (unpaired) electrons. The fourth-order valence-corrected chi connectivity index (χ4v) is 3.47. The molecule has 0 fully saturated rings. The highest BCUT2D eigenvalue weighted by Gasteiger charge is 2.26. The Balaban J connectivity index is 1.49. The third kappa shape index (κ3) is 4.02.